The standard InChI is InChI=1S/C52H49N3O/c1-32(2)36-17-19-38(20-18-36)39-21-22-53-47(31-39)42-27-41(28-43(29-42)52(6,7)8)45-15-12-16-48-49(45)54-51(46-26-33(3)23-35(5)50(46)56)55(48)44-25-34(4)24-40(30-44)37-13-10-9-11-14-37/h9-32,56H,1-8H3/i32D. The van der Waals surface area contributed by atoms with Crippen molar-refractivity contribution in [3.63, 3.8) is 0 Å². The van der Waals surface area contributed by atoms with Crippen LogP contribution in [-0.4, -0.2) is 19.6 Å². The Bertz CT molecular complexity index is 2780. The molecule has 0 aliphatic carbocycles. The number of fused-ring (bicyclic) bond motifs is 1. The van der Waals surface area contributed by atoms with Crippen molar-refractivity contribution in [2.75, 3.05) is 0 Å². The molecule has 0 saturated heterocycles. The molecule has 0 amide bonds. The molecule has 0 unspecified atom stereocenters. The summed E-state index contributed by atoms with van der Waals surface area (Å²) >= 11 is 0. The SMILES string of the molecule is [2H]C(C)(C)c1ccc(-c2ccnc(-c3cc(-c4cccc5c4nc(-c4cc(C)cc(C)c4O)n5-c4cc(C)cc(-c5ccccc5)c4)cc(C(C)(C)C)c3)c2)cc1. The molecule has 0 bridgehead atoms. The molecule has 56 heavy (non-hydrogen) atoms. The van der Waals surface area contributed by atoms with Crippen molar-refractivity contribution in [3.8, 4) is 67.5 Å². The van der Waals surface area contributed by atoms with Crippen LogP contribution in [0.4, 0.5) is 0 Å². The van der Waals surface area contributed by atoms with Gasteiger partial charge in [0.2, 0.25) is 0 Å². The molecule has 0 aliphatic heterocycles. The molecule has 0 radical (unpaired) electrons. The van der Waals surface area contributed by atoms with Crippen LogP contribution >= 0.6 is 0 Å². The minimum absolute atomic E-state index is 0.139. The topological polar surface area (TPSA) is 50.9 Å². The van der Waals surface area contributed by atoms with Crippen LogP contribution in [0.3, 0.4) is 0 Å². The van der Waals surface area contributed by atoms with Gasteiger partial charge in [-0.1, -0.05) is 120 Å². The lowest BCUT2D eigenvalue weighted by atomic mass is 9.83. The van der Waals surface area contributed by atoms with Gasteiger partial charge in [-0.15, -0.1) is 0 Å². The van der Waals surface area contributed by atoms with E-state index in [4.69, 9.17) is 11.3 Å². The monoisotopic (exact) mass is 732 g/mol. The largest absolute Gasteiger partial charge is 0.507 e. The van der Waals surface area contributed by atoms with Crippen molar-refractivity contribution < 1.29 is 6.48 Å². The lowest BCUT2D eigenvalue weighted by Crippen LogP contribution is -2.11. The number of pyridine rings is 1. The molecule has 2 aromatic heterocycles. The highest BCUT2D eigenvalue weighted by Crippen LogP contribution is 2.41. The number of aromatic hydroxyl groups is 1. The van der Waals surface area contributed by atoms with Crippen LogP contribution in [0.15, 0.2) is 140 Å². The fourth-order valence-electron chi connectivity index (χ4n) is 7.72. The Labute approximate surface area is 332 Å². The maximum absolute atomic E-state index is 11.6. The van der Waals surface area contributed by atoms with E-state index >= 15 is 0 Å². The first-order valence-electron chi connectivity index (χ1n) is 19.9. The molecular formula is C52H49N3O. The van der Waals surface area contributed by atoms with Crippen molar-refractivity contribution in [3.05, 3.63) is 167 Å². The smallest absolute Gasteiger partial charge is 0.149 e. The zero-order valence-corrected chi connectivity index (χ0v) is 33.6. The Balaban J connectivity index is 1.34. The minimum atomic E-state index is -0.657. The molecule has 8 aromatic rings. The van der Waals surface area contributed by atoms with Gasteiger partial charge in [0, 0.05) is 24.4 Å². The Kier molecular flexibility index (Phi) is 9.13. The third-order valence-electron chi connectivity index (χ3n) is 10.8. The second kappa shape index (κ2) is 14.4. The minimum Gasteiger partial charge on any atom is -0.507 e. The number of rotatable bonds is 7. The third kappa shape index (κ3) is 7.04. The summed E-state index contributed by atoms with van der Waals surface area (Å²) in [6, 6.07) is 46.8. The summed E-state index contributed by atoms with van der Waals surface area (Å²) in [5.41, 5.74) is 16.9. The summed E-state index contributed by atoms with van der Waals surface area (Å²) in [6.07, 6.45) is 1.88. The molecule has 0 aliphatic rings. The Morgan fingerprint density at radius 2 is 1.34 bits per heavy atom. The first-order valence-corrected chi connectivity index (χ1v) is 19.4. The van der Waals surface area contributed by atoms with Gasteiger partial charge in [0.25, 0.3) is 0 Å². The number of imidazole rings is 1. The number of aromatic nitrogens is 3. The van der Waals surface area contributed by atoms with Crippen molar-refractivity contribution in [1.82, 2.24) is 14.5 Å². The summed E-state index contributed by atoms with van der Waals surface area (Å²) in [6.45, 7) is 16.7. The van der Waals surface area contributed by atoms with Crippen LogP contribution < -0.4 is 0 Å². The predicted octanol–water partition coefficient (Wildman–Crippen LogP) is 13.8. The van der Waals surface area contributed by atoms with Crippen molar-refractivity contribution >= 4 is 11.0 Å². The number of hydrogen-bond donors (Lipinski definition) is 1. The highest BCUT2D eigenvalue weighted by Gasteiger charge is 2.23. The molecule has 2 heterocycles. The zero-order valence-electron chi connectivity index (χ0n) is 34.6. The van der Waals surface area contributed by atoms with Gasteiger partial charge in [-0.3, -0.25) is 9.55 Å². The van der Waals surface area contributed by atoms with Crippen LogP contribution in [-0.2, 0) is 5.41 Å². The summed E-state index contributed by atoms with van der Waals surface area (Å²) in [5, 5.41) is 11.6. The Morgan fingerprint density at radius 3 is 2.07 bits per heavy atom. The van der Waals surface area contributed by atoms with Crippen LogP contribution in [0.2, 0.25) is 0 Å². The number of aryl methyl sites for hydroxylation is 3. The van der Waals surface area contributed by atoms with Gasteiger partial charge in [-0.2, -0.15) is 0 Å². The van der Waals surface area contributed by atoms with Gasteiger partial charge in [0.05, 0.1) is 22.3 Å². The maximum Gasteiger partial charge on any atom is 0.149 e. The average molecular weight is 733 g/mol. The van der Waals surface area contributed by atoms with Crippen LogP contribution in [0, 0.1) is 20.8 Å². The summed E-state index contributed by atoms with van der Waals surface area (Å²) in [4.78, 5) is 10.4. The molecule has 0 atom stereocenters. The van der Waals surface area contributed by atoms with E-state index < -0.39 is 5.89 Å². The second-order valence-corrected chi connectivity index (χ2v) is 16.4. The number of hydrogen-bond acceptors (Lipinski definition) is 3. The Hall–Kier alpha value is -6.26. The van der Waals surface area contributed by atoms with Gasteiger partial charge in [-0.25, -0.2) is 4.98 Å². The lowest BCUT2D eigenvalue weighted by molar-refractivity contribution is 0.472. The molecule has 0 saturated carbocycles. The molecule has 278 valence electrons. The number of benzene rings is 6. The van der Waals surface area contributed by atoms with E-state index in [1.54, 1.807) is 0 Å². The van der Waals surface area contributed by atoms with Crippen LogP contribution in [0.25, 0.3) is 72.7 Å². The highest BCUT2D eigenvalue weighted by molar-refractivity contribution is 5.97. The highest BCUT2D eigenvalue weighted by atomic mass is 16.3. The second-order valence-electron chi connectivity index (χ2n) is 16.4. The van der Waals surface area contributed by atoms with Gasteiger partial charge >= 0.3 is 0 Å². The fraction of sp³-hybridized carbons (Fsp3) is 0.192. The van der Waals surface area contributed by atoms with Gasteiger partial charge in [-0.05, 0) is 136 Å². The predicted molar refractivity (Wildman–Crippen MR) is 235 cm³/mol. The number of phenolic OH excluding ortho intramolecular Hbond substituents is 1. The van der Waals surface area contributed by atoms with Crippen molar-refractivity contribution in [2.24, 2.45) is 0 Å². The van der Waals surface area contributed by atoms with E-state index in [0.717, 1.165) is 83.6 Å². The summed E-state index contributed by atoms with van der Waals surface area (Å²) in [5.74, 6) is 0.263. The van der Waals surface area contributed by atoms with Gasteiger partial charge < -0.3 is 5.11 Å². The molecule has 0 spiro atoms. The van der Waals surface area contributed by atoms with Crippen LogP contribution in [0.1, 0.15) is 69.7 Å². The van der Waals surface area contributed by atoms with Crippen molar-refractivity contribution in [2.45, 2.75) is 66.7 Å². The molecule has 1 N–H and O–H groups in total. The first kappa shape index (κ1) is 35.4. The molecule has 0 fully saturated rings. The zero-order chi connectivity index (χ0) is 40.2. The van der Waals surface area contributed by atoms with E-state index in [-0.39, 0.29) is 11.2 Å². The quantitative estimate of drug-likeness (QED) is 0.177. The maximum atomic E-state index is 11.6. The van der Waals surface area contributed by atoms with Crippen LogP contribution in [0.5, 0.6) is 5.75 Å². The van der Waals surface area contributed by atoms with E-state index in [0.29, 0.717) is 11.4 Å². The summed E-state index contributed by atoms with van der Waals surface area (Å²) in [7, 11) is 0. The number of para-hydroxylation sites is 1. The molecular weight excluding hydrogens is 683 g/mol. The van der Waals surface area contributed by atoms with Crippen molar-refractivity contribution in [1.29, 1.82) is 0 Å². The van der Waals surface area contributed by atoms with Gasteiger partial charge in [0.1, 0.15) is 11.6 Å². The fourth-order valence-corrected chi connectivity index (χ4v) is 7.72. The Morgan fingerprint density at radius 1 is 0.625 bits per heavy atom. The van der Waals surface area contributed by atoms with Gasteiger partial charge in [0.15, 0.2) is 0 Å². The first-order chi connectivity index (χ1) is 27.1. The number of phenols is 1. The summed E-state index contributed by atoms with van der Waals surface area (Å²) < 4.78 is 10.7. The van der Waals surface area contributed by atoms with E-state index in [2.05, 4.69) is 136 Å². The average Bonchev–Trinajstić information content (AvgIpc) is 3.58. The molecule has 6 aromatic carbocycles. The van der Waals surface area contributed by atoms with E-state index in [1.165, 1.54) is 5.56 Å². The third-order valence-corrected chi connectivity index (χ3v) is 10.8. The molecule has 8 rings (SSSR count). The molecule has 4 nitrogen and oxygen atoms in total. The number of nitrogens with zero attached hydrogens (tertiary/aromatic N) is 3. The lowest BCUT2D eigenvalue weighted by Gasteiger charge is -2.22. The van der Waals surface area contributed by atoms with E-state index in [9.17, 15) is 5.11 Å². The normalized spacial score (nSPS) is 12.2. The molecule has 4 heteroatoms. The van der Waals surface area contributed by atoms with E-state index in [1.807, 2.05) is 63.4 Å².